The Morgan fingerprint density at radius 2 is 2.42 bits per heavy atom. The lowest BCUT2D eigenvalue weighted by Crippen LogP contribution is -2.13. The molecule has 1 fully saturated rings. The van der Waals surface area contributed by atoms with Crippen molar-refractivity contribution in [2.45, 2.75) is 26.2 Å². The molecule has 6 heteroatoms. The first-order valence-corrected chi connectivity index (χ1v) is 6.38. The first-order valence-electron chi connectivity index (χ1n) is 6.38. The summed E-state index contributed by atoms with van der Waals surface area (Å²) in [6, 6.07) is 3.11. The van der Waals surface area contributed by atoms with E-state index in [1.807, 2.05) is 6.07 Å². The van der Waals surface area contributed by atoms with Crippen LogP contribution in [-0.4, -0.2) is 16.5 Å². The molecule has 0 aromatic carbocycles. The average molecular weight is 260 g/mol. The Kier molecular flexibility index (Phi) is 3.95. The topological polar surface area (TPSA) is 91.8 Å². The van der Waals surface area contributed by atoms with Gasteiger partial charge in [-0.1, -0.05) is 13.3 Å². The zero-order valence-electron chi connectivity index (χ0n) is 10.8. The van der Waals surface area contributed by atoms with Crippen molar-refractivity contribution < 1.29 is 4.92 Å². The fourth-order valence-corrected chi connectivity index (χ4v) is 2.54. The number of rotatable bonds is 4. The van der Waals surface area contributed by atoms with Crippen LogP contribution in [0.4, 0.5) is 11.5 Å². The van der Waals surface area contributed by atoms with E-state index in [4.69, 9.17) is 5.26 Å². The van der Waals surface area contributed by atoms with E-state index >= 15 is 0 Å². The Balaban J connectivity index is 2.07. The molecule has 0 aliphatic heterocycles. The zero-order valence-corrected chi connectivity index (χ0v) is 10.8. The van der Waals surface area contributed by atoms with Gasteiger partial charge in [-0.3, -0.25) is 10.1 Å². The molecule has 1 saturated carbocycles. The Hall–Kier alpha value is -2.16. The number of anilines is 1. The SMILES string of the molecule is CC1CCC(CNc2ncc(C#N)cc2[N+](=O)[O-])C1. The number of hydrogen-bond donors (Lipinski definition) is 1. The predicted molar refractivity (Wildman–Crippen MR) is 70.6 cm³/mol. The molecule has 1 N–H and O–H groups in total. The number of aromatic nitrogens is 1. The lowest BCUT2D eigenvalue weighted by molar-refractivity contribution is -0.384. The molecule has 2 atom stereocenters. The molecule has 19 heavy (non-hydrogen) atoms. The van der Waals surface area contributed by atoms with E-state index in [-0.39, 0.29) is 17.1 Å². The monoisotopic (exact) mass is 260 g/mol. The Morgan fingerprint density at radius 1 is 1.63 bits per heavy atom. The molecule has 0 spiro atoms. The molecule has 6 nitrogen and oxygen atoms in total. The summed E-state index contributed by atoms with van der Waals surface area (Å²) in [5.74, 6) is 1.53. The van der Waals surface area contributed by atoms with Crippen molar-refractivity contribution in [1.29, 1.82) is 5.26 Å². The van der Waals surface area contributed by atoms with Crippen LogP contribution < -0.4 is 5.32 Å². The van der Waals surface area contributed by atoms with E-state index in [1.165, 1.54) is 18.7 Å². The van der Waals surface area contributed by atoms with Crippen LogP contribution in [0.3, 0.4) is 0 Å². The Bertz CT molecular complexity index is 524. The number of hydrogen-bond acceptors (Lipinski definition) is 5. The van der Waals surface area contributed by atoms with E-state index in [1.54, 1.807) is 0 Å². The number of nitriles is 1. The third kappa shape index (κ3) is 3.19. The summed E-state index contributed by atoms with van der Waals surface area (Å²) in [4.78, 5) is 14.4. The molecular formula is C13H16N4O2. The molecule has 0 bridgehead atoms. The highest BCUT2D eigenvalue weighted by Crippen LogP contribution is 2.31. The minimum Gasteiger partial charge on any atom is -0.364 e. The highest BCUT2D eigenvalue weighted by molar-refractivity contribution is 5.58. The number of nitrogens with zero attached hydrogens (tertiary/aromatic N) is 3. The van der Waals surface area contributed by atoms with Gasteiger partial charge in [0.05, 0.1) is 10.5 Å². The van der Waals surface area contributed by atoms with Crippen molar-refractivity contribution in [3.05, 3.63) is 27.9 Å². The van der Waals surface area contributed by atoms with Gasteiger partial charge in [-0.2, -0.15) is 5.26 Å². The third-order valence-corrected chi connectivity index (χ3v) is 3.55. The fourth-order valence-electron chi connectivity index (χ4n) is 2.54. The van der Waals surface area contributed by atoms with Crippen LogP contribution in [0.25, 0.3) is 0 Å². The molecule has 0 radical (unpaired) electrons. The molecule has 100 valence electrons. The molecule has 1 aromatic rings. The van der Waals surface area contributed by atoms with Crippen LogP contribution in [0.15, 0.2) is 12.3 Å². The summed E-state index contributed by atoms with van der Waals surface area (Å²) >= 11 is 0. The van der Waals surface area contributed by atoms with Crippen LogP contribution in [0.2, 0.25) is 0 Å². The zero-order chi connectivity index (χ0) is 13.8. The summed E-state index contributed by atoms with van der Waals surface area (Å²) in [5, 5.41) is 22.7. The molecule has 2 unspecified atom stereocenters. The maximum absolute atomic E-state index is 11.0. The van der Waals surface area contributed by atoms with E-state index < -0.39 is 4.92 Å². The normalized spacial score (nSPS) is 21.9. The second-order valence-electron chi connectivity index (χ2n) is 5.13. The van der Waals surface area contributed by atoms with Crippen LogP contribution in [0.5, 0.6) is 0 Å². The third-order valence-electron chi connectivity index (χ3n) is 3.55. The lowest BCUT2D eigenvalue weighted by Gasteiger charge is -2.11. The minimum atomic E-state index is -0.507. The van der Waals surface area contributed by atoms with Gasteiger partial charge in [0.25, 0.3) is 0 Å². The van der Waals surface area contributed by atoms with Crippen LogP contribution in [0, 0.1) is 33.3 Å². The van der Waals surface area contributed by atoms with Crippen molar-refractivity contribution >= 4 is 11.5 Å². The molecule has 1 aromatic heterocycles. The van der Waals surface area contributed by atoms with Crippen molar-refractivity contribution in [3.8, 4) is 6.07 Å². The van der Waals surface area contributed by atoms with Gasteiger partial charge in [0.15, 0.2) is 0 Å². The molecule has 0 amide bonds. The smallest absolute Gasteiger partial charge is 0.312 e. The van der Waals surface area contributed by atoms with Crippen molar-refractivity contribution in [2.24, 2.45) is 11.8 Å². The summed E-state index contributed by atoms with van der Waals surface area (Å²) < 4.78 is 0. The highest BCUT2D eigenvalue weighted by atomic mass is 16.6. The molecule has 1 aliphatic rings. The summed E-state index contributed by atoms with van der Waals surface area (Å²) in [6.07, 6.45) is 4.87. The van der Waals surface area contributed by atoms with Crippen LogP contribution in [-0.2, 0) is 0 Å². The maximum Gasteiger partial charge on any atom is 0.312 e. The van der Waals surface area contributed by atoms with Gasteiger partial charge in [-0.15, -0.1) is 0 Å². The molecule has 1 aliphatic carbocycles. The summed E-state index contributed by atoms with van der Waals surface area (Å²) in [7, 11) is 0. The summed E-state index contributed by atoms with van der Waals surface area (Å²) in [5.41, 5.74) is 0.0665. The minimum absolute atomic E-state index is 0.134. The van der Waals surface area contributed by atoms with Crippen molar-refractivity contribution in [2.75, 3.05) is 11.9 Å². The van der Waals surface area contributed by atoms with Crippen LogP contribution in [0.1, 0.15) is 31.7 Å². The Morgan fingerprint density at radius 3 is 3.00 bits per heavy atom. The number of pyridine rings is 1. The highest BCUT2D eigenvalue weighted by Gasteiger charge is 2.23. The maximum atomic E-state index is 11.0. The van der Waals surface area contributed by atoms with E-state index in [9.17, 15) is 10.1 Å². The van der Waals surface area contributed by atoms with E-state index in [0.29, 0.717) is 12.5 Å². The molecule has 1 heterocycles. The van der Waals surface area contributed by atoms with Gasteiger partial charge >= 0.3 is 5.69 Å². The van der Waals surface area contributed by atoms with E-state index in [0.717, 1.165) is 18.8 Å². The Labute approximate surface area is 111 Å². The lowest BCUT2D eigenvalue weighted by atomic mass is 10.1. The van der Waals surface area contributed by atoms with Crippen molar-refractivity contribution in [1.82, 2.24) is 4.98 Å². The first kappa shape index (κ1) is 13.3. The van der Waals surface area contributed by atoms with Gasteiger partial charge in [0, 0.05) is 18.8 Å². The number of nitro groups is 1. The van der Waals surface area contributed by atoms with Crippen molar-refractivity contribution in [3.63, 3.8) is 0 Å². The van der Waals surface area contributed by atoms with Gasteiger partial charge in [-0.05, 0) is 24.7 Å². The molecule has 2 rings (SSSR count). The first-order chi connectivity index (χ1) is 9.10. The van der Waals surface area contributed by atoms with E-state index in [2.05, 4.69) is 17.2 Å². The van der Waals surface area contributed by atoms with Gasteiger partial charge < -0.3 is 5.32 Å². The molecule has 0 saturated heterocycles. The van der Waals surface area contributed by atoms with Gasteiger partial charge in [-0.25, -0.2) is 4.98 Å². The fraction of sp³-hybridized carbons (Fsp3) is 0.538. The number of nitrogens with one attached hydrogen (secondary N) is 1. The van der Waals surface area contributed by atoms with Crippen LogP contribution >= 0.6 is 0 Å². The predicted octanol–water partition coefficient (Wildman–Crippen LogP) is 2.71. The second kappa shape index (κ2) is 5.65. The average Bonchev–Trinajstić information content (AvgIpc) is 2.82. The standard InChI is InChI=1S/C13H16N4O2/c1-9-2-3-10(4-9)7-15-13-12(17(18)19)5-11(6-14)8-16-13/h5,8-10H,2-4,7H2,1H3,(H,15,16). The second-order valence-corrected chi connectivity index (χ2v) is 5.13. The van der Waals surface area contributed by atoms with Gasteiger partial charge in [0.1, 0.15) is 6.07 Å². The van der Waals surface area contributed by atoms with Gasteiger partial charge in [0.2, 0.25) is 5.82 Å². The summed E-state index contributed by atoms with van der Waals surface area (Å²) in [6.45, 7) is 2.92. The largest absolute Gasteiger partial charge is 0.364 e. The molecular weight excluding hydrogens is 244 g/mol. The quantitative estimate of drug-likeness (QED) is 0.663.